The highest BCUT2D eigenvalue weighted by atomic mass is 15.0. The van der Waals surface area contributed by atoms with E-state index in [0.29, 0.717) is 0 Å². The van der Waals surface area contributed by atoms with Gasteiger partial charge in [-0.25, -0.2) is 4.98 Å². The first-order valence-corrected chi connectivity index (χ1v) is 6.01. The summed E-state index contributed by atoms with van der Waals surface area (Å²) in [6, 6.07) is 0. The van der Waals surface area contributed by atoms with Gasteiger partial charge >= 0.3 is 0 Å². The van der Waals surface area contributed by atoms with Crippen molar-refractivity contribution in [2.75, 3.05) is 13.1 Å². The average Bonchev–Trinajstić information content (AvgIpc) is 2.63. The Morgan fingerprint density at radius 1 is 1.27 bits per heavy atom. The highest BCUT2D eigenvalue weighted by Crippen LogP contribution is 1.98. The predicted octanol–water partition coefficient (Wildman–Crippen LogP) is 2.13. The number of unbranched alkanes of at least 4 members (excludes halogenated alkanes) is 2. The van der Waals surface area contributed by atoms with Crippen molar-refractivity contribution in [3.05, 3.63) is 18.2 Å². The van der Waals surface area contributed by atoms with E-state index in [4.69, 9.17) is 0 Å². The molecular formula is C12H23N3. The average molecular weight is 209 g/mol. The maximum absolute atomic E-state index is 4.30. The Kier molecular flexibility index (Phi) is 6.09. The van der Waals surface area contributed by atoms with Gasteiger partial charge in [0, 0.05) is 25.9 Å². The molecule has 0 aliphatic heterocycles. The van der Waals surface area contributed by atoms with Gasteiger partial charge in [0.25, 0.3) is 0 Å². The van der Waals surface area contributed by atoms with Crippen molar-refractivity contribution in [3.8, 4) is 0 Å². The smallest absolute Gasteiger partial charge is 0.108 e. The van der Waals surface area contributed by atoms with E-state index in [1.807, 2.05) is 12.4 Å². The summed E-state index contributed by atoms with van der Waals surface area (Å²) in [5.74, 6) is 1.19. The number of aromatic nitrogens is 2. The van der Waals surface area contributed by atoms with Gasteiger partial charge in [0.1, 0.15) is 5.82 Å². The van der Waals surface area contributed by atoms with Crippen LogP contribution in [-0.2, 0) is 13.5 Å². The van der Waals surface area contributed by atoms with Gasteiger partial charge < -0.3 is 9.88 Å². The lowest BCUT2D eigenvalue weighted by Gasteiger charge is -2.04. The van der Waals surface area contributed by atoms with Crippen LogP contribution in [0.1, 0.15) is 38.4 Å². The maximum Gasteiger partial charge on any atom is 0.108 e. The highest BCUT2D eigenvalue weighted by molar-refractivity contribution is 4.90. The number of nitrogens with one attached hydrogen (secondary N) is 1. The number of imidazole rings is 1. The summed E-state index contributed by atoms with van der Waals surface area (Å²) in [4.78, 5) is 4.30. The zero-order valence-electron chi connectivity index (χ0n) is 10.00. The predicted molar refractivity (Wildman–Crippen MR) is 63.9 cm³/mol. The number of aryl methyl sites for hydroxylation is 2. The molecule has 0 saturated heterocycles. The van der Waals surface area contributed by atoms with Crippen molar-refractivity contribution in [1.29, 1.82) is 0 Å². The minimum Gasteiger partial charge on any atom is -0.338 e. The lowest BCUT2D eigenvalue weighted by Crippen LogP contribution is -2.17. The zero-order chi connectivity index (χ0) is 10.9. The Balaban J connectivity index is 1.96. The topological polar surface area (TPSA) is 29.9 Å². The van der Waals surface area contributed by atoms with Gasteiger partial charge in [-0.1, -0.05) is 19.8 Å². The molecule has 86 valence electrons. The zero-order valence-corrected chi connectivity index (χ0v) is 10.00. The Labute approximate surface area is 92.9 Å². The van der Waals surface area contributed by atoms with Crippen LogP contribution in [0, 0.1) is 0 Å². The molecule has 0 radical (unpaired) electrons. The first-order chi connectivity index (χ1) is 7.34. The van der Waals surface area contributed by atoms with E-state index in [9.17, 15) is 0 Å². The number of rotatable bonds is 8. The molecule has 0 aliphatic carbocycles. The minimum atomic E-state index is 1.07. The summed E-state index contributed by atoms with van der Waals surface area (Å²) in [6.07, 6.45) is 10.1. The molecule has 0 unspecified atom stereocenters. The Morgan fingerprint density at radius 3 is 2.73 bits per heavy atom. The quantitative estimate of drug-likeness (QED) is 0.665. The molecular weight excluding hydrogens is 186 g/mol. The molecule has 0 saturated carbocycles. The van der Waals surface area contributed by atoms with Gasteiger partial charge in [0.05, 0.1) is 0 Å². The summed E-state index contributed by atoms with van der Waals surface area (Å²) >= 11 is 0. The molecule has 15 heavy (non-hydrogen) atoms. The molecule has 1 aromatic heterocycles. The molecule has 0 fully saturated rings. The standard InChI is InChI=1S/C12H23N3/c1-3-4-5-8-13-9-6-7-12-14-10-11-15(12)2/h10-11,13H,3-9H2,1-2H3. The Morgan fingerprint density at radius 2 is 2.07 bits per heavy atom. The van der Waals surface area contributed by atoms with Gasteiger partial charge in [-0.3, -0.25) is 0 Å². The molecule has 0 bridgehead atoms. The van der Waals surface area contributed by atoms with Crippen molar-refractivity contribution < 1.29 is 0 Å². The van der Waals surface area contributed by atoms with Crippen molar-refractivity contribution >= 4 is 0 Å². The van der Waals surface area contributed by atoms with Crippen molar-refractivity contribution in [2.24, 2.45) is 7.05 Å². The molecule has 3 heteroatoms. The third-order valence-corrected chi connectivity index (χ3v) is 2.63. The van der Waals surface area contributed by atoms with Crippen molar-refractivity contribution in [3.63, 3.8) is 0 Å². The number of nitrogens with zero attached hydrogens (tertiary/aromatic N) is 2. The van der Waals surface area contributed by atoms with Crippen LogP contribution in [0.4, 0.5) is 0 Å². The van der Waals surface area contributed by atoms with Crippen LogP contribution in [0.5, 0.6) is 0 Å². The van der Waals surface area contributed by atoms with E-state index >= 15 is 0 Å². The van der Waals surface area contributed by atoms with E-state index in [0.717, 1.165) is 19.5 Å². The van der Waals surface area contributed by atoms with Gasteiger partial charge in [-0.05, 0) is 25.9 Å². The second-order valence-corrected chi connectivity index (χ2v) is 4.02. The maximum atomic E-state index is 4.30. The Bertz CT molecular complexity index is 255. The van der Waals surface area contributed by atoms with E-state index in [1.54, 1.807) is 0 Å². The highest BCUT2D eigenvalue weighted by Gasteiger charge is 1.97. The van der Waals surface area contributed by atoms with Crippen LogP contribution in [0.15, 0.2) is 12.4 Å². The first kappa shape index (κ1) is 12.2. The number of hydrogen-bond acceptors (Lipinski definition) is 2. The first-order valence-electron chi connectivity index (χ1n) is 6.01. The van der Waals surface area contributed by atoms with E-state index < -0.39 is 0 Å². The lowest BCUT2D eigenvalue weighted by atomic mass is 10.2. The summed E-state index contributed by atoms with van der Waals surface area (Å²) in [6.45, 7) is 4.51. The van der Waals surface area contributed by atoms with Crippen LogP contribution in [-0.4, -0.2) is 22.6 Å². The van der Waals surface area contributed by atoms with Gasteiger partial charge in [0.15, 0.2) is 0 Å². The van der Waals surface area contributed by atoms with E-state index in [1.165, 1.54) is 31.5 Å². The molecule has 1 heterocycles. The second kappa shape index (κ2) is 7.46. The van der Waals surface area contributed by atoms with Gasteiger partial charge in [-0.2, -0.15) is 0 Å². The summed E-state index contributed by atoms with van der Waals surface area (Å²) < 4.78 is 2.09. The molecule has 0 aromatic carbocycles. The molecule has 0 aliphatic rings. The molecule has 3 nitrogen and oxygen atoms in total. The third-order valence-electron chi connectivity index (χ3n) is 2.63. The largest absolute Gasteiger partial charge is 0.338 e. The third kappa shape index (κ3) is 4.98. The van der Waals surface area contributed by atoms with Crippen molar-refractivity contribution in [2.45, 2.75) is 39.0 Å². The fourth-order valence-electron chi connectivity index (χ4n) is 1.63. The van der Waals surface area contributed by atoms with Gasteiger partial charge in [0.2, 0.25) is 0 Å². The fourth-order valence-corrected chi connectivity index (χ4v) is 1.63. The van der Waals surface area contributed by atoms with E-state index in [2.05, 4.69) is 28.8 Å². The van der Waals surface area contributed by atoms with Crippen molar-refractivity contribution in [1.82, 2.24) is 14.9 Å². The van der Waals surface area contributed by atoms with Crippen LogP contribution in [0.2, 0.25) is 0 Å². The summed E-state index contributed by atoms with van der Waals surface area (Å²) in [7, 11) is 2.05. The van der Waals surface area contributed by atoms with Crippen LogP contribution < -0.4 is 5.32 Å². The molecule has 1 rings (SSSR count). The molecule has 0 spiro atoms. The molecule has 1 N–H and O–H groups in total. The lowest BCUT2D eigenvalue weighted by molar-refractivity contribution is 0.590. The normalized spacial score (nSPS) is 10.8. The minimum absolute atomic E-state index is 1.07. The Hall–Kier alpha value is -0.830. The summed E-state index contributed by atoms with van der Waals surface area (Å²) in [5.41, 5.74) is 0. The van der Waals surface area contributed by atoms with Crippen LogP contribution >= 0.6 is 0 Å². The van der Waals surface area contributed by atoms with Crippen LogP contribution in [0.3, 0.4) is 0 Å². The SMILES string of the molecule is CCCCCNCCCc1nccn1C. The monoisotopic (exact) mass is 209 g/mol. The van der Waals surface area contributed by atoms with E-state index in [-0.39, 0.29) is 0 Å². The summed E-state index contributed by atoms with van der Waals surface area (Å²) in [5, 5.41) is 3.47. The second-order valence-electron chi connectivity index (χ2n) is 4.02. The molecule has 1 aromatic rings. The van der Waals surface area contributed by atoms with Gasteiger partial charge in [-0.15, -0.1) is 0 Å². The molecule has 0 atom stereocenters. The molecule has 0 amide bonds. The fraction of sp³-hybridized carbons (Fsp3) is 0.750. The number of hydrogen-bond donors (Lipinski definition) is 1. The van der Waals surface area contributed by atoms with Crippen LogP contribution in [0.25, 0.3) is 0 Å².